The third-order valence-corrected chi connectivity index (χ3v) is 8.63. The molecule has 0 aromatic heterocycles. The normalized spacial score (nSPS) is 17.8. The third-order valence-electron chi connectivity index (χ3n) is 8.63. The summed E-state index contributed by atoms with van der Waals surface area (Å²) >= 11 is 0. The molecule has 4 aromatic carbocycles. The lowest BCUT2D eigenvalue weighted by atomic mass is 9.82. The van der Waals surface area contributed by atoms with Crippen LogP contribution in [-0.2, 0) is 24.4 Å². The zero-order valence-corrected chi connectivity index (χ0v) is 27.5. The Kier molecular flexibility index (Phi) is 9.63. The number of hydrogen-bond donors (Lipinski definition) is 0. The molecule has 2 atom stereocenters. The fraction of sp³-hybridized carbons (Fsp3) is 0.333. The molecule has 2 saturated heterocycles. The second kappa shape index (κ2) is 14.4. The number of esters is 2. The minimum absolute atomic E-state index is 0.225. The van der Waals surface area contributed by atoms with Gasteiger partial charge >= 0.3 is 11.9 Å². The largest absolute Gasteiger partial charge is 0.491 e. The molecule has 0 spiro atoms. The molecule has 2 heterocycles. The first-order valence-corrected chi connectivity index (χ1v) is 16.4. The maximum absolute atomic E-state index is 13.0. The summed E-state index contributed by atoms with van der Waals surface area (Å²) in [5, 5.41) is 0. The summed E-state index contributed by atoms with van der Waals surface area (Å²) in [5.41, 5.74) is 4.49. The molecule has 2 fully saturated rings. The van der Waals surface area contributed by atoms with E-state index in [1.54, 1.807) is 60.7 Å². The number of benzene rings is 4. The highest BCUT2D eigenvalue weighted by molar-refractivity contribution is 5.92. The Labute approximate surface area is 284 Å². The molecule has 0 N–H and O–H groups in total. The van der Waals surface area contributed by atoms with Gasteiger partial charge in [-0.25, -0.2) is 9.59 Å². The van der Waals surface area contributed by atoms with Crippen LogP contribution in [0.1, 0.15) is 45.7 Å². The topological polar surface area (TPSA) is 115 Å². The molecular formula is C39H38O10. The Morgan fingerprint density at radius 1 is 0.592 bits per heavy atom. The average molecular weight is 667 g/mol. The van der Waals surface area contributed by atoms with E-state index >= 15 is 0 Å². The second-order valence-corrected chi connectivity index (χ2v) is 12.6. The van der Waals surface area contributed by atoms with E-state index in [1.807, 2.05) is 24.3 Å². The molecule has 10 heteroatoms. The molecule has 0 radical (unpaired) electrons. The Hall–Kier alpha value is -4.74. The molecular weight excluding hydrogens is 628 g/mol. The predicted octanol–water partition coefficient (Wildman–Crippen LogP) is 6.02. The zero-order valence-electron chi connectivity index (χ0n) is 27.5. The number of carbonyl (C=O) groups excluding carboxylic acids is 2. The van der Waals surface area contributed by atoms with Gasteiger partial charge in [-0.15, -0.1) is 0 Å². The van der Waals surface area contributed by atoms with E-state index in [4.69, 9.17) is 37.9 Å². The van der Waals surface area contributed by atoms with Crippen molar-refractivity contribution in [3.05, 3.63) is 107 Å². The molecule has 49 heavy (non-hydrogen) atoms. The fourth-order valence-corrected chi connectivity index (χ4v) is 5.72. The lowest BCUT2D eigenvalue weighted by Crippen LogP contribution is -2.16. The SMILES string of the molecule is CC1(C)c2cc(OC(=O)c3ccc(OCCOCC4CO4)cc3)ccc2-c2ccc(OC(=O)c3ccc(OCCOCC4CO4)cc3)cc21. The maximum Gasteiger partial charge on any atom is 0.343 e. The smallest absolute Gasteiger partial charge is 0.343 e. The summed E-state index contributed by atoms with van der Waals surface area (Å²) in [4.78, 5) is 26.0. The lowest BCUT2D eigenvalue weighted by Gasteiger charge is -2.22. The molecule has 7 rings (SSSR count). The molecule has 0 bridgehead atoms. The molecule has 1 aliphatic carbocycles. The van der Waals surface area contributed by atoms with Crippen LogP contribution < -0.4 is 18.9 Å². The van der Waals surface area contributed by atoms with Gasteiger partial charge in [-0.1, -0.05) is 26.0 Å². The van der Waals surface area contributed by atoms with E-state index in [1.165, 1.54) is 0 Å². The number of hydrogen-bond acceptors (Lipinski definition) is 10. The summed E-state index contributed by atoms with van der Waals surface area (Å²) in [7, 11) is 0. The Balaban J connectivity index is 0.934. The minimum Gasteiger partial charge on any atom is -0.491 e. The van der Waals surface area contributed by atoms with Crippen LogP contribution in [0.4, 0.5) is 0 Å². The lowest BCUT2D eigenvalue weighted by molar-refractivity contribution is 0.0725. The number of fused-ring (bicyclic) bond motifs is 3. The summed E-state index contributed by atoms with van der Waals surface area (Å²) < 4.78 is 44.1. The number of carbonyl (C=O) groups is 2. The third kappa shape index (κ3) is 8.12. The van der Waals surface area contributed by atoms with Crippen molar-refractivity contribution in [2.24, 2.45) is 0 Å². The Bertz CT molecular complexity index is 1660. The van der Waals surface area contributed by atoms with E-state index in [9.17, 15) is 9.59 Å². The van der Waals surface area contributed by atoms with Crippen molar-refractivity contribution in [1.82, 2.24) is 0 Å². The fourth-order valence-electron chi connectivity index (χ4n) is 5.72. The summed E-state index contributed by atoms with van der Waals surface area (Å²) in [6.07, 6.45) is 0.450. The molecule has 0 saturated carbocycles. The van der Waals surface area contributed by atoms with Crippen molar-refractivity contribution in [3.8, 4) is 34.1 Å². The monoisotopic (exact) mass is 666 g/mol. The highest BCUT2D eigenvalue weighted by atomic mass is 16.6. The Morgan fingerprint density at radius 2 is 0.980 bits per heavy atom. The van der Waals surface area contributed by atoms with Crippen LogP contribution in [0.2, 0.25) is 0 Å². The van der Waals surface area contributed by atoms with E-state index in [2.05, 4.69) is 13.8 Å². The van der Waals surface area contributed by atoms with Gasteiger partial charge in [-0.2, -0.15) is 0 Å². The van der Waals surface area contributed by atoms with Gasteiger partial charge in [0.25, 0.3) is 0 Å². The van der Waals surface area contributed by atoms with E-state index in [0.717, 1.165) is 35.5 Å². The van der Waals surface area contributed by atoms with Crippen molar-refractivity contribution >= 4 is 11.9 Å². The van der Waals surface area contributed by atoms with Crippen LogP contribution in [-0.4, -0.2) is 77.0 Å². The van der Waals surface area contributed by atoms with Crippen LogP contribution in [0, 0.1) is 0 Å². The van der Waals surface area contributed by atoms with Crippen LogP contribution in [0.25, 0.3) is 11.1 Å². The van der Waals surface area contributed by atoms with Gasteiger partial charge in [0.15, 0.2) is 0 Å². The van der Waals surface area contributed by atoms with Crippen molar-refractivity contribution in [2.75, 3.05) is 52.9 Å². The van der Waals surface area contributed by atoms with E-state index in [-0.39, 0.29) is 12.2 Å². The molecule has 4 aromatic rings. The standard InChI is InChI=1S/C39H38O10/c1-39(2)35-19-29(48-37(40)25-3-7-27(8-4-25)44-17-15-42-21-31-23-46-31)11-13-33(35)34-14-12-30(20-36(34)39)49-38(41)26-5-9-28(10-6-26)45-18-16-43-22-32-24-47-32/h3-14,19-20,31-32H,15-18,21-24H2,1-2H3. The molecule has 2 unspecified atom stereocenters. The molecule has 10 nitrogen and oxygen atoms in total. The number of rotatable bonds is 16. The van der Waals surface area contributed by atoms with Gasteiger partial charge < -0.3 is 37.9 Å². The maximum atomic E-state index is 13.0. The van der Waals surface area contributed by atoms with Crippen LogP contribution in [0.15, 0.2) is 84.9 Å². The van der Waals surface area contributed by atoms with Gasteiger partial charge in [0.1, 0.15) is 48.4 Å². The van der Waals surface area contributed by atoms with E-state index < -0.39 is 17.4 Å². The first-order chi connectivity index (χ1) is 23.8. The first-order valence-electron chi connectivity index (χ1n) is 16.4. The highest BCUT2D eigenvalue weighted by Gasteiger charge is 2.36. The average Bonchev–Trinajstić information content (AvgIpc) is 4.05. The predicted molar refractivity (Wildman–Crippen MR) is 179 cm³/mol. The summed E-state index contributed by atoms with van der Waals surface area (Å²) in [5.74, 6) is 1.25. The van der Waals surface area contributed by atoms with Gasteiger partial charge in [-0.3, -0.25) is 0 Å². The van der Waals surface area contributed by atoms with Crippen LogP contribution in [0.3, 0.4) is 0 Å². The van der Waals surface area contributed by atoms with Crippen LogP contribution >= 0.6 is 0 Å². The summed E-state index contributed by atoms with van der Waals surface area (Å²) in [6, 6.07) is 25.0. The number of epoxide rings is 2. The minimum atomic E-state index is -0.463. The van der Waals surface area contributed by atoms with Crippen molar-refractivity contribution < 1.29 is 47.5 Å². The summed E-state index contributed by atoms with van der Waals surface area (Å²) in [6.45, 7) is 8.63. The zero-order chi connectivity index (χ0) is 33.8. The van der Waals surface area contributed by atoms with Crippen molar-refractivity contribution in [3.63, 3.8) is 0 Å². The number of ether oxygens (including phenoxy) is 8. The molecule has 2 aliphatic heterocycles. The van der Waals surface area contributed by atoms with E-state index in [0.29, 0.717) is 73.8 Å². The highest BCUT2D eigenvalue weighted by Crippen LogP contribution is 2.50. The van der Waals surface area contributed by atoms with Crippen LogP contribution in [0.5, 0.6) is 23.0 Å². The van der Waals surface area contributed by atoms with Crippen molar-refractivity contribution in [1.29, 1.82) is 0 Å². The van der Waals surface area contributed by atoms with Gasteiger partial charge in [-0.05, 0) is 95.1 Å². The Morgan fingerprint density at radius 3 is 1.37 bits per heavy atom. The van der Waals surface area contributed by atoms with Gasteiger partial charge in [0.05, 0.1) is 50.8 Å². The molecule has 0 amide bonds. The molecule has 3 aliphatic rings. The van der Waals surface area contributed by atoms with Gasteiger partial charge in [0, 0.05) is 5.41 Å². The molecule has 254 valence electrons. The van der Waals surface area contributed by atoms with Gasteiger partial charge in [0.2, 0.25) is 0 Å². The second-order valence-electron chi connectivity index (χ2n) is 12.6. The quantitative estimate of drug-likeness (QED) is 0.0609. The first kappa shape index (κ1) is 32.8. The van der Waals surface area contributed by atoms with Crippen molar-refractivity contribution in [2.45, 2.75) is 31.5 Å².